The van der Waals surface area contributed by atoms with Gasteiger partial charge in [0.1, 0.15) is 5.54 Å². The standard InChI is InChI=1S/C11H23NO2/c1-6-9(7-2)8-12(5)11(3,4)10(13)14/h9H,6-8H2,1-5H3,(H,13,14). The first-order valence-corrected chi connectivity index (χ1v) is 5.30. The topological polar surface area (TPSA) is 40.5 Å². The lowest BCUT2D eigenvalue weighted by atomic mass is 9.98. The van der Waals surface area contributed by atoms with Gasteiger partial charge in [0.05, 0.1) is 0 Å². The first kappa shape index (κ1) is 13.4. The molecule has 0 amide bonds. The van der Waals surface area contributed by atoms with Crippen LogP contribution in [0.3, 0.4) is 0 Å². The number of carboxylic acid groups (broad SMARTS) is 1. The molecule has 0 saturated heterocycles. The third kappa shape index (κ3) is 3.29. The molecule has 1 N–H and O–H groups in total. The normalized spacial score (nSPS) is 12.5. The van der Waals surface area contributed by atoms with Crippen LogP contribution in [0, 0.1) is 5.92 Å². The Labute approximate surface area is 87.1 Å². The summed E-state index contributed by atoms with van der Waals surface area (Å²) in [5.74, 6) is -0.162. The fourth-order valence-electron chi connectivity index (χ4n) is 1.33. The summed E-state index contributed by atoms with van der Waals surface area (Å²) in [6.45, 7) is 8.65. The lowest BCUT2D eigenvalue weighted by molar-refractivity contribution is -0.148. The number of carbonyl (C=O) groups is 1. The second kappa shape index (κ2) is 5.35. The van der Waals surface area contributed by atoms with Crippen LogP contribution < -0.4 is 0 Å². The van der Waals surface area contributed by atoms with Crippen LogP contribution in [0.5, 0.6) is 0 Å². The summed E-state index contributed by atoms with van der Waals surface area (Å²) in [5, 5.41) is 9.03. The molecular weight excluding hydrogens is 178 g/mol. The first-order chi connectivity index (χ1) is 6.36. The Hall–Kier alpha value is -0.570. The van der Waals surface area contributed by atoms with Gasteiger partial charge in [-0.15, -0.1) is 0 Å². The molecule has 0 aromatic heterocycles. The van der Waals surface area contributed by atoms with Crippen molar-refractivity contribution in [3.05, 3.63) is 0 Å². The van der Waals surface area contributed by atoms with E-state index in [2.05, 4.69) is 13.8 Å². The maximum absolute atomic E-state index is 11.0. The van der Waals surface area contributed by atoms with E-state index in [1.807, 2.05) is 11.9 Å². The van der Waals surface area contributed by atoms with Gasteiger partial charge in [0.25, 0.3) is 0 Å². The van der Waals surface area contributed by atoms with E-state index in [1.54, 1.807) is 13.8 Å². The molecule has 0 aliphatic carbocycles. The predicted octanol–water partition coefficient (Wildman–Crippen LogP) is 2.22. The van der Waals surface area contributed by atoms with Gasteiger partial charge in [0, 0.05) is 6.54 Å². The molecule has 0 saturated carbocycles. The zero-order valence-electron chi connectivity index (χ0n) is 10.0. The highest BCUT2D eigenvalue weighted by Crippen LogP contribution is 2.17. The van der Waals surface area contributed by atoms with Gasteiger partial charge in [-0.3, -0.25) is 9.69 Å². The van der Waals surface area contributed by atoms with Gasteiger partial charge in [-0.05, 0) is 26.8 Å². The molecule has 0 aromatic rings. The summed E-state index contributed by atoms with van der Waals surface area (Å²) >= 11 is 0. The third-order valence-corrected chi connectivity index (χ3v) is 3.16. The molecule has 0 fully saturated rings. The number of rotatable bonds is 6. The first-order valence-electron chi connectivity index (χ1n) is 5.30. The van der Waals surface area contributed by atoms with E-state index in [0.717, 1.165) is 19.4 Å². The molecule has 0 radical (unpaired) electrons. The fourth-order valence-corrected chi connectivity index (χ4v) is 1.33. The summed E-state index contributed by atoms with van der Waals surface area (Å²) in [4.78, 5) is 12.9. The van der Waals surface area contributed by atoms with E-state index in [0.29, 0.717) is 5.92 Å². The largest absolute Gasteiger partial charge is 0.480 e. The molecule has 0 spiro atoms. The number of nitrogens with zero attached hydrogens (tertiary/aromatic N) is 1. The van der Waals surface area contributed by atoms with E-state index in [1.165, 1.54) is 0 Å². The van der Waals surface area contributed by atoms with Crippen molar-refractivity contribution < 1.29 is 9.90 Å². The highest BCUT2D eigenvalue weighted by Gasteiger charge is 2.32. The number of hydrogen-bond acceptors (Lipinski definition) is 2. The molecule has 0 aromatic carbocycles. The summed E-state index contributed by atoms with van der Waals surface area (Å²) in [5.41, 5.74) is -0.761. The van der Waals surface area contributed by atoms with E-state index in [9.17, 15) is 4.79 Å². The van der Waals surface area contributed by atoms with Gasteiger partial charge in [-0.1, -0.05) is 26.7 Å². The van der Waals surface area contributed by atoms with Crippen molar-refractivity contribution in [2.24, 2.45) is 5.92 Å². The van der Waals surface area contributed by atoms with Crippen LogP contribution in [-0.4, -0.2) is 35.1 Å². The maximum atomic E-state index is 11.0. The van der Waals surface area contributed by atoms with Crippen molar-refractivity contribution >= 4 is 5.97 Å². The third-order valence-electron chi connectivity index (χ3n) is 3.16. The van der Waals surface area contributed by atoms with Crippen LogP contribution in [0.25, 0.3) is 0 Å². The summed E-state index contributed by atoms with van der Waals surface area (Å²) in [6, 6.07) is 0. The number of aliphatic carboxylic acids is 1. The van der Waals surface area contributed by atoms with Crippen LogP contribution in [0.2, 0.25) is 0 Å². The molecule has 0 aliphatic heterocycles. The van der Waals surface area contributed by atoms with E-state index >= 15 is 0 Å². The molecule has 14 heavy (non-hydrogen) atoms. The highest BCUT2D eigenvalue weighted by atomic mass is 16.4. The minimum atomic E-state index is -0.761. The molecule has 0 aliphatic rings. The second-order valence-electron chi connectivity index (χ2n) is 4.43. The molecule has 84 valence electrons. The SMILES string of the molecule is CCC(CC)CN(C)C(C)(C)C(=O)O. The minimum Gasteiger partial charge on any atom is -0.480 e. The van der Waals surface area contributed by atoms with E-state index < -0.39 is 11.5 Å². The Balaban J connectivity index is 4.32. The van der Waals surface area contributed by atoms with E-state index in [4.69, 9.17) is 5.11 Å². The summed E-state index contributed by atoms with van der Waals surface area (Å²) in [6.07, 6.45) is 2.22. The Kier molecular flexibility index (Phi) is 5.13. The maximum Gasteiger partial charge on any atom is 0.323 e. The molecule has 0 heterocycles. The van der Waals surface area contributed by atoms with Gasteiger partial charge < -0.3 is 5.11 Å². The number of hydrogen-bond donors (Lipinski definition) is 1. The van der Waals surface area contributed by atoms with Gasteiger partial charge in [-0.2, -0.15) is 0 Å². The van der Waals surface area contributed by atoms with Crippen LogP contribution in [0.1, 0.15) is 40.5 Å². The second-order valence-corrected chi connectivity index (χ2v) is 4.43. The Bertz CT molecular complexity index is 186. The molecule has 0 atom stereocenters. The smallest absolute Gasteiger partial charge is 0.323 e. The monoisotopic (exact) mass is 201 g/mol. The van der Waals surface area contributed by atoms with E-state index in [-0.39, 0.29) is 0 Å². The molecular formula is C11H23NO2. The minimum absolute atomic E-state index is 0.596. The highest BCUT2D eigenvalue weighted by molar-refractivity contribution is 5.77. The van der Waals surface area contributed by atoms with Crippen molar-refractivity contribution in [2.75, 3.05) is 13.6 Å². The lowest BCUT2D eigenvalue weighted by Crippen LogP contribution is -2.49. The zero-order chi connectivity index (χ0) is 11.4. The van der Waals surface area contributed by atoms with Crippen LogP contribution in [-0.2, 0) is 4.79 Å². The quantitative estimate of drug-likeness (QED) is 0.716. The van der Waals surface area contributed by atoms with Crippen molar-refractivity contribution in [3.8, 4) is 0 Å². The number of carboxylic acids is 1. The average molecular weight is 201 g/mol. The van der Waals surface area contributed by atoms with Crippen molar-refractivity contribution in [3.63, 3.8) is 0 Å². The fraction of sp³-hybridized carbons (Fsp3) is 0.909. The van der Waals surface area contributed by atoms with Crippen molar-refractivity contribution in [1.29, 1.82) is 0 Å². The Morgan fingerprint density at radius 1 is 1.36 bits per heavy atom. The molecule has 0 unspecified atom stereocenters. The molecule has 0 rings (SSSR count). The Morgan fingerprint density at radius 2 is 1.79 bits per heavy atom. The van der Waals surface area contributed by atoms with Gasteiger partial charge in [-0.25, -0.2) is 0 Å². The van der Waals surface area contributed by atoms with Crippen molar-refractivity contribution in [2.45, 2.75) is 46.1 Å². The molecule has 0 bridgehead atoms. The summed E-state index contributed by atoms with van der Waals surface area (Å²) in [7, 11) is 1.88. The van der Waals surface area contributed by atoms with Crippen LogP contribution in [0.4, 0.5) is 0 Å². The average Bonchev–Trinajstić information content (AvgIpc) is 2.13. The van der Waals surface area contributed by atoms with Gasteiger partial charge in [0.15, 0.2) is 0 Å². The van der Waals surface area contributed by atoms with Crippen molar-refractivity contribution in [1.82, 2.24) is 4.90 Å². The molecule has 3 nitrogen and oxygen atoms in total. The Morgan fingerprint density at radius 3 is 2.07 bits per heavy atom. The zero-order valence-corrected chi connectivity index (χ0v) is 10.0. The predicted molar refractivity (Wildman–Crippen MR) is 58.4 cm³/mol. The van der Waals surface area contributed by atoms with Gasteiger partial charge >= 0.3 is 5.97 Å². The lowest BCUT2D eigenvalue weighted by Gasteiger charge is -2.33. The molecule has 3 heteroatoms. The van der Waals surface area contributed by atoms with Gasteiger partial charge in [0.2, 0.25) is 0 Å². The van der Waals surface area contributed by atoms with Crippen LogP contribution in [0.15, 0.2) is 0 Å². The van der Waals surface area contributed by atoms with Crippen LogP contribution >= 0.6 is 0 Å². The number of likely N-dealkylation sites (N-methyl/N-ethyl adjacent to an activating group) is 1. The summed E-state index contributed by atoms with van der Waals surface area (Å²) < 4.78 is 0.